The maximum atomic E-state index is 12.4. The number of thioether (sulfide) groups is 1. The molecule has 2 aromatic rings. The van der Waals surface area contributed by atoms with Gasteiger partial charge < -0.3 is 10.6 Å². The Balaban J connectivity index is 1.93. The molecule has 144 valence electrons. The standard InChI is InChI=1S/C22H28N2O2S/c1-5-17(4)23-22(26)19-8-6-7-9-20(19)24-21(25)14-27-13-18-11-15(2)10-16(3)12-18/h6-12,17H,5,13-14H2,1-4H3,(H,23,26)(H,24,25)/t17-/m1/s1. The van der Waals surface area contributed by atoms with E-state index in [1.807, 2.05) is 19.9 Å². The van der Waals surface area contributed by atoms with Gasteiger partial charge in [0.2, 0.25) is 5.91 Å². The van der Waals surface area contributed by atoms with Gasteiger partial charge >= 0.3 is 0 Å². The lowest BCUT2D eigenvalue weighted by Crippen LogP contribution is -2.32. The summed E-state index contributed by atoms with van der Waals surface area (Å²) in [6, 6.07) is 13.6. The predicted molar refractivity (Wildman–Crippen MR) is 114 cm³/mol. The number of rotatable bonds is 8. The van der Waals surface area contributed by atoms with Gasteiger partial charge in [-0.3, -0.25) is 9.59 Å². The van der Waals surface area contributed by atoms with Gasteiger partial charge in [0.1, 0.15) is 0 Å². The predicted octanol–water partition coefficient (Wildman–Crippen LogP) is 4.70. The van der Waals surface area contributed by atoms with Crippen molar-refractivity contribution < 1.29 is 9.59 Å². The highest BCUT2D eigenvalue weighted by Gasteiger charge is 2.14. The first kappa shape index (κ1) is 21.0. The molecule has 0 bridgehead atoms. The van der Waals surface area contributed by atoms with Crippen molar-refractivity contribution in [2.75, 3.05) is 11.1 Å². The second-order valence-corrected chi connectivity index (χ2v) is 7.85. The summed E-state index contributed by atoms with van der Waals surface area (Å²) in [6.45, 7) is 8.14. The Kier molecular flexibility index (Phi) is 7.92. The van der Waals surface area contributed by atoms with E-state index < -0.39 is 0 Å². The van der Waals surface area contributed by atoms with Gasteiger partial charge in [0.15, 0.2) is 0 Å². The number of nitrogens with one attached hydrogen (secondary N) is 2. The van der Waals surface area contributed by atoms with Crippen LogP contribution in [-0.4, -0.2) is 23.6 Å². The van der Waals surface area contributed by atoms with E-state index in [9.17, 15) is 9.59 Å². The van der Waals surface area contributed by atoms with Crippen molar-refractivity contribution in [3.63, 3.8) is 0 Å². The van der Waals surface area contributed by atoms with Crippen LogP contribution < -0.4 is 10.6 Å². The van der Waals surface area contributed by atoms with Crippen LogP contribution in [-0.2, 0) is 10.5 Å². The van der Waals surface area contributed by atoms with Gasteiger partial charge in [-0.1, -0.05) is 48.4 Å². The Morgan fingerprint density at radius 3 is 2.41 bits per heavy atom. The summed E-state index contributed by atoms with van der Waals surface area (Å²) in [5.74, 6) is 0.858. The smallest absolute Gasteiger partial charge is 0.253 e. The molecule has 0 aliphatic carbocycles. The van der Waals surface area contributed by atoms with E-state index in [0.29, 0.717) is 17.0 Å². The van der Waals surface area contributed by atoms with Crippen molar-refractivity contribution >= 4 is 29.3 Å². The summed E-state index contributed by atoms with van der Waals surface area (Å²) in [5, 5.41) is 5.81. The van der Waals surface area contributed by atoms with Crippen LogP contribution in [0.5, 0.6) is 0 Å². The highest BCUT2D eigenvalue weighted by molar-refractivity contribution is 7.99. The molecule has 0 saturated heterocycles. The zero-order valence-electron chi connectivity index (χ0n) is 16.5. The number of anilines is 1. The molecular weight excluding hydrogens is 356 g/mol. The van der Waals surface area contributed by atoms with Crippen LogP contribution in [0.2, 0.25) is 0 Å². The van der Waals surface area contributed by atoms with Crippen molar-refractivity contribution in [1.29, 1.82) is 0 Å². The molecule has 0 radical (unpaired) electrons. The molecule has 0 spiro atoms. The summed E-state index contributed by atoms with van der Waals surface area (Å²) >= 11 is 1.57. The topological polar surface area (TPSA) is 58.2 Å². The van der Waals surface area contributed by atoms with Crippen LogP contribution >= 0.6 is 11.8 Å². The van der Waals surface area contributed by atoms with E-state index >= 15 is 0 Å². The summed E-state index contributed by atoms with van der Waals surface area (Å²) < 4.78 is 0. The lowest BCUT2D eigenvalue weighted by molar-refractivity contribution is -0.113. The molecule has 0 saturated carbocycles. The molecule has 0 aromatic heterocycles. The maximum absolute atomic E-state index is 12.4. The molecule has 2 amide bonds. The van der Waals surface area contributed by atoms with Gasteiger partial charge in [-0.2, -0.15) is 0 Å². The lowest BCUT2D eigenvalue weighted by Gasteiger charge is -2.14. The Labute approximate surface area is 166 Å². The normalized spacial score (nSPS) is 11.7. The maximum Gasteiger partial charge on any atom is 0.253 e. The van der Waals surface area contributed by atoms with Crippen LogP contribution in [0.15, 0.2) is 42.5 Å². The molecule has 5 heteroatoms. The summed E-state index contributed by atoms with van der Waals surface area (Å²) in [6.07, 6.45) is 0.856. The van der Waals surface area contributed by atoms with Crippen molar-refractivity contribution in [2.45, 2.75) is 45.9 Å². The van der Waals surface area contributed by atoms with Crippen molar-refractivity contribution in [1.82, 2.24) is 5.32 Å². The van der Waals surface area contributed by atoms with Crippen LogP contribution in [0, 0.1) is 13.8 Å². The van der Waals surface area contributed by atoms with E-state index in [0.717, 1.165) is 12.2 Å². The van der Waals surface area contributed by atoms with Gasteiger partial charge in [0, 0.05) is 11.8 Å². The van der Waals surface area contributed by atoms with Gasteiger partial charge in [0.05, 0.1) is 17.0 Å². The first-order valence-corrected chi connectivity index (χ1v) is 10.4. The fourth-order valence-electron chi connectivity index (χ4n) is 2.79. The first-order valence-electron chi connectivity index (χ1n) is 9.23. The zero-order valence-corrected chi connectivity index (χ0v) is 17.3. The molecular formula is C22H28N2O2S. The van der Waals surface area contributed by atoms with Gasteiger partial charge in [0.25, 0.3) is 5.91 Å². The average molecular weight is 385 g/mol. The molecule has 0 heterocycles. The molecule has 4 nitrogen and oxygen atoms in total. The molecule has 2 aromatic carbocycles. The van der Waals surface area contributed by atoms with Gasteiger partial charge in [-0.25, -0.2) is 0 Å². The Morgan fingerprint density at radius 1 is 1.07 bits per heavy atom. The van der Waals surface area contributed by atoms with E-state index in [1.165, 1.54) is 16.7 Å². The second kappa shape index (κ2) is 10.2. The Morgan fingerprint density at radius 2 is 1.74 bits per heavy atom. The number of carbonyl (C=O) groups is 2. The van der Waals surface area contributed by atoms with Crippen LogP contribution in [0.4, 0.5) is 5.69 Å². The second-order valence-electron chi connectivity index (χ2n) is 6.87. The summed E-state index contributed by atoms with van der Waals surface area (Å²) in [7, 11) is 0. The van der Waals surface area contributed by atoms with Crippen molar-refractivity contribution in [3.8, 4) is 0 Å². The minimum absolute atomic E-state index is 0.0922. The van der Waals surface area contributed by atoms with Crippen LogP contribution in [0.3, 0.4) is 0 Å². The van der Waals surface area contributed by atoms with Gasteiger partial charge in [-0.15, -0.1) is 11.8 Å². The average Bonchev–Trinajstić information content (AvgIpc) is 2.61. The third-order valence-electron chi connectivity index (χ3n) is 4.22. The lowest BCUT2D eigenvalue weighted by atomic mass is 10.1. The van der Waals surface area contributed by atoms with E-state index in [2.05, 4.69) is 42.7 Å². The molecule has 2 N–H and O–H groups in total. The zero-order chi connectivity index (χ0) is 19.8. The molecule has 0 aliphatic rings. The third kappa shape index (κ3) is 6.75. The quantitative estimate of drug-likeness (QED) is 0.693. The van der Waals surface area contributed by atoms with E-state index in [1.54, 1.807) is 30.0 Å². The van der Waals surface area contributed by atoms with Crippen molar-refractivity contribution in [2.24, 2.45) is 0 Å². The number of carbonyl (C=O) groups excluding carboxylic acids is 2. The molecule has 2 rings (SSSR count). The van der Waals surface area contributed by atoms with Crippen LogP contribution in [0.1, 0.15) is 47.3 Å². The molecule has 1 atom stereocenters. The third-order valence-corrected chi connectivity index (χ3v) is 5.22. The number of hydrogen-bond acceptors (Lipinski definition) is 3. The summed E-state index contributed by atoms with van der Waals surface area (Å²) in [5.41, 5.74) is 4.73. The molecule has 0 aliphatic heterocycles. The molecule has 0 unspecified atom stereocenters. The minimum Gasteiger partial charge on any atom is -0.350 e. The molecule has 0 fully saturated rings. The minimum atomic E-state index is -0.164. The Hall–Kier alpha value is -2.27. The van der Waals surface area contributed by atoms with Crippen molar-refractivity contribution in [3.05, 3.63) is 64.7 Å². The van der Waals surface area contributed by atoms with E-state index in [4.69, 9.17) is 0 Å². The SMILES string of the molecule is CC[C@@H](C)NC(=O)c1ccccc1NC(=O)CSCc1cc(C)cc(C)c1. The number of amides is 2. The first-order chi connectivity index (χ1) is 12.9. The monoisotopic (exact) mass is 384 g/mol. The largest absolute Gasteiger partial charge is 0.350 e. The number of para-hydroxylation sites is 1. The van der Waals surface area contributed by atoms with Gasteiger partial charge in [-0.05, 0) is 44.9 Å². The Bertz CT molecular complexity index is 784. The summed E-state index contributed by atoms with van der Waals surface area (Å²) in [4.78, 5) is 24.7. The van der Waals surface area contributed by atoms with Crippen LogP contribution in [0.25, 0.3) is 0 Å². The fraction of sp³-hybridized carbons (Fsp3) is 0.364. The number of aryl methyl sites for hydroxylation is 2. The number of hydrogen-bond donors (Lipinski definition) is 2. The highest BCUT2D eigenvalue weighted by atomic mass is 32.2. The molecule has 27 heavy (non-hydrogen) atoms. The highest BCUT2D eigenvalue weighted by Crippen LogP contribution is 2.18. The van der Waals surface area contributed by atoms with E-state index in [-0.39, 0.29) is 17.9 Å². The number of benzene rings is 2. The fourth-order valence-corrected chi connectivity index (χ4v) is 3.56.